The van der Waals surface area contributed by atoms with Crippen LogP contribution >= 0.6 is 0 Å². The van der Waals surface area contributed by atoms with E-state index in [0.717, 1.165) is 24.8 Å². The van der Waals surface area contributed by atoms with Crippen molar-refractivity contribution in [1.82, 2.24) is 21.3 Å². The molecule has 0 fully saturated rings. The summed E-state index contributed by atoms with van der Waals surface area (Å²) in [5, 5.41) is 10.6. The largest absolute Gasteiger partial charge is 0.467 e. The van der Waals surface area contributed by atoms with E-state index in [4.69, 9.17) is 5.73 Å². The number of esters is 1. The normalized spacial score (nSPS) is 12.9. The highest BCUT2D eigenvalue weighted by Gasteiger charge is 2.27. The molecular formula is C30H49N5O6. The van der Waals surface area contributed by atoms with Crippen LogP contribution in [-0.2, 0) is 30.3 Å². The number of nitrogens with one attached hydrogen (secondary N) is 4. The van der Waals surface area contributed by atoms with Crippen LogP contribution < -0.4 is 27.0 Å². The second kappa shape index (κ2) is 21.9. The predicted octanol–water partition coefficient (Wildman–Crippen LogP) is 2.59. The Balaban J connectivity index is 0.000000807. The van der Waals surface area contributed by atoms with E-state index in [2.05, 4.69) is 39.9 Å². The number of carbonyl (C=O) groups is 5. The van der Waals surface area contributed by atoms with E-state index in [-0.39, 0.29) is 24.3 Å². The zero-order valence-corrected chi connectivity index (χ0v) is 25.3. The highest BCUT2D eigenvalue weighted by atomic mass is 16.5. The molecule has 11 nitrogen and oxygen atoms in total. The van der Waals surface area contributed by atoms with Crippen LogP contribution in [0.15, 0.2) is 42.5 Å². The van der Waals surface area contributed by atoms with Gasteiger partial charge in [0.25, 0.3) is 0 Å². The molecule has 0 aliphatic heterocycles. The zero-order chi connectivity index (χ0) is 31.2. The number of nitrogens with two attached hydrogens (primary N) is 1. The molecule has 1 aromatic carbocycles. The first-order valence-corrected chi connectivity index (χ1v) is 14.0. The van der Waals surface area contributed by atoms with Crippen molar-refractivity contribution in [3.8, 4) is 0 Å². The van der Waals surface area contributed by atoms with E-state index < -0.39 is 30.0 Å². The van der Waals surface area contributed by atoms with Gasteiger partial charge in [-0.05, 0) is 37.2 Å². The molecule has 6 N–H and O–H groups in total. The summed E-state index contributed by atoms with van der Waals surface area (Å²) in [5.41, 5.74) is 6.20. The molecule has 0 saturated carbocycles. The number of primary amides is 1. The van der Waals surface area contributed by atoms with Gasteiger partial charge >= 0.3 is 12.0 Å². The van der Waals surface area contributed by atoms with Gasteiger partial charge < -0.3 is 31.7 Å². The van der Waals surface area contributed by atoms with Crippen molar-refractivity contribution in [1.29, 1.82) is 0 Å². The summed E-state index contributed by atoms with van der Waals surface area (Å²) in [5.74, 6) is -0.844. The van der Waals surface area contributed by atoms with Crippen molar-refractivity contribution in [2.24, 2.45) is 17.6 Å². The Bertz CT molecular complexity index is 952. The highest BCUT2D eigenvalue weighted by molar-refractivity contribution is 5.88. The smallest absolute Gasteiger partial charge is 0.328 e. The molecule has 0 aromatic heterocycles. The Kier molecular flexibility index (Phi) is 19.8. The van der Waals surface area contributed by atoms with E-state index in [1.54, 1.807) is 13.8 Å². The van der Waals surface area contributed by atoms with Crippen LogP contribution in [0.25, 0.3) is 0 Å². The van der Waals surface area contributed by atoms with Gasteiger partial charge in [-0.2, -0.15) is 0 Å². The average Bonchev–Trinajstić information content (AvgIpc) is 2.93. The lowest BCUT2D eigenvalue weighted by Gasteiger charge is -2.22. The summed E-state index contributed by atoms with van der Waals surface area (Å²) in [6, 6.07) is 6.99. The van der Waals surface area contributed by atoms with Crippen molar-refractivity contribution < 1.29 is 28.7 Å². The third-order valence-electron chi connectivity index (χ3n) is 6.09. The minimum atomic E-state index is -0.872. The summed E-state index contributed by atoms with van der Waals surface area (Å²) in [7, 11) is 1.25. The molecule has 0 saturated heterocycles. The van der Waals surface area contributed by atoms with E-state index in [0.29, 0.717) is 25.3 Å². The quantitative estimate of drug-likeness (QED) is 0.0828. The van der Waals surface area contributed by atoms with Gasteiger partial charge in [0.1, 0.15) is 12.1 Å². The third kappa shape index (κ3) is 17.4. The molecule has 0 heterocycles. The molecule has 2 unspecified atom stereocenters. The van der Waals surface area contributed by atoms with Crippen molar-refractivity contribution in [3.05, 3.63) is 48.0 Å². The molecule has 0 radical (unpaired) electrons. The lowest BCUT2D eigenvalue weighted by Crippen LogP contribution is -2.54. The molecule has 0 bridgehead atoms. The van der Waals surface area contributed by atoms with Crippen molar-refractivity contribution in [2.45, 2.75) is 84.8 Å². The second-order valence-electron chi connectivity index (χ2n) is 10.3. The fourth-order valence-electron chi connectivity index (χ4n) is 3.69. The first kappa shape index (κ1) is 37.1. The molecule has 41 heavy (non-hydrogen) atoms. The molecule has 0 spiro atoms. The summed E-state index contributed by atoms with van der Waals surface area (Å²) in [6.45, 7) is 10.4. The number of urea groups is 1. The van der Waals surface area contributed by atoms with Crippen LogP contribution in [0.4, 0.5) is 4.79 Å². The molecule has 0 aliphatic rings. The Morgan fingerprint density at radius 3 is 2.10 bits per heavy atom. The molecule has 3 atom stereocenters. The minimum Gasteiger partial charge on any atom is -0.467 e. The predicted molar refractivity (Wildman–Crippen MR) is 160 cm³/mol. The number of amides is 5. The van der Waals surface area contributed by atoms with Gasteiger partial charge in [-0.1, -0.05) is 76.6 Å². The maximum atomic E-state index is 12.0. The van der Waals surface area contributed by atoms with Gasteiger partial charge in [0.15, 0.2) is 0 Å². The highest BCUT2D eigenvalue weighted by Crippen LogP contribution is 2.07. The monoisotopic (exact) mass is 575 g/mol. The second-order valence-corrected chi connectivity index (χ2v) is 10.3. The first-order chi connectivity index (χ1) is 19.5. The van der Waals surface area contributed by atoms with Crippen molar-refractivity contribution in [2.75, 3.05) is 13.7 Å². The van der Waals surface area contributed by atoms with Gasteiger partial charge in [-0.3, -0.25) is 14.4 Å². The fourth-order valence-corrected chi connectivity index (χ4v) is 3.69. The van der Waals surface area contributed by atoms with Crippen LogP contribution in [-0.4, -0.2) is 62.0 Å². The summed E-state index contributed by atoms with van der Waals surface area (Å²) >= 11 is 0. The first-order valence-electron chi connectivity index (χ1n) is 14.0. The topological polar surface area (TPSA) is 169 Å². The van der Waals surface area contributed by atoms with Crippen LogP contribution in [0.1, 0.15) is 65.9 Å². The maximum absolute atomic E-state index is 12.0. The summed E-state index contributed by atoms with van der Waals surface area (Å²) in [6.07, 6.45) is 8.28. The van der Waals surface area contributed by atoms with Crippen LogP contribution in [0.5, 0.6) is 0 Å². The maximum Gasteiger partial charge on any atom is 0.328 e. The van der Waals surface area contributed by atoms with Gasteiger partial charge in [0.2, 0.25) is 18.2 Å². The summed E-state index contributed by atoms with van der Waals surface area (Å²) in [4.78, 5) is 56.9. The molecular weight excluding hydrogens is 526 g/mol. The van der Waals surface area contributed by atoms with Crippen LogP contribution in [0.2, 0.25) is 0 Å². The van der Waals surface area contributed by atoms with E-state index in [1.807, 2.05) is 49.4 Å². The molecule has 1 aromatic rings. The molecule has 1 rings (SSSR count). The Morgan fingerprint density at radius 2 is 1.59 bits per heavy atom. The third-order valence-corrected chi connectivity index (χ3v) is 6.09. The van der Waals surface area contributed by atoms with Gasteiger partial charge in [-0.25, -0.2) is 9.59 Å². The lowest BCUT2D eigenvalue weighted by molar-refractivity contribution is -0.144. The van der Waals surface area contributed by atoms with Crippen molar-refractivity contribution >= 4 is 30.2 Å². The average molecular weight is 576 g/mol. The Morgan fingerprint density at radius 1 is 0.927 bits per heavy atom. The summed E-state index contributed by atoms with van der Waals surface area (Å²) < 4.78 is 4.65. The molecule has 5 amide bonds. The minimum absolute atomic E-state index is 0.107. The standard InChI is InChI=1S/C16H23N3O4.C14H26N2O2/c1-10(2)13(15(21)23-3)19-16(22)18-12(14(17)20)9-11-7-5-4-6-8-11;1-4-8-13(12(2)3)16-14(18)9-6-5-7-10-15-11-17/h4-8,10,12-13H,9H2,1-3H3,(H2,17,20)(H2,18,19,22);4,8,11-13H,5-7,9-10H2,1-3H3,(H,15,17)(H,16,18)/b;8-4+/t12-,13?;/m0./s1. The molecule has 0 aliphatic carbocycles. The number of benzene rings is 1. The number of methoxy groups -OCH3 is 1. The SMILES string of the molecule is C/C=C/C(NC(=O)CCCCCNC=O)C(C)C.COC(=O)C(NC(=O)N[C@@H](Cc1ccccc1)C(N)=O)C(C)C. The van der Waals surface area contributed by atoms with Crippen LogP contribution in [0.3, 0.4) is 0 Å². The van der Waals surface area contributed by atoms with Gasteiger partial charge in [-0.15, -0.1) is 0 Å². The molecule has 11 heteroatoms. The van der Waals surface area contributed by atoms with E-state index >= 15 is 0 Å². The number of hydrogen-bond donors (Lipinski definition) is 5. The van der Waals surface area contributed by atoms with E-state index in [9.17, 15) is 24.0 Å². The zero-order valence-electron chi connectivity index (χ0n) is 25.3. The molecule has 230 valence electrons. The lowest BCUT2D eigenvalue weighted by atomic mass is 10.0. The number of hydrogen-bond acceptors (Lipinski definition) is 6. The number of carbonyl (C=O) groups excluding carboxylic acids is 5. The Hall–Kier alpha value is -3.89. The van der Waals surface area contributed by atoms with Gasteiger partial charge in [0, 0.05) is 25.4 Å². The number of unbranched alkanes of at least 4 members (excludes halogenated alkanes) is 2. The van der Waals surface area contributed by atoms with Crippen LogP contribution in [0, 0.1) is 11.8 Å². The number of allylic oxidation sites excluding steroid dienone is 1. The van der Waals surface area contributed by atoms with Crippen molar-refractivity contribution in [3.63, 3.8) is 0 Å². The van der Waals surface area contributed by atoms with Gasteiger partial charge in [0.05, 0.1) is 7.11 Å². The Labute approximate surface area is 244 Å². The van der Waals surface area contributed by atoms with E-state index in [1.165, 1.54) is 7.11 Å². The number of ether oxygens (including phenoxy) is 1. The number of rotatable bonds is 17. The fraction of sp³-hybridized carbons (Fsp3) is 0.567.